The lowest BCUT2D eigenvalue weighted by Crippen LogP contribution is -2.34. The third kappa shape index (κ3) is 2.19. The maximum Gasteiger partial charge on any atom is 0.146 e. The second-order valence-electron chi connectivity index (χ2n) is 3.14. The largest absolute Gasteiger partial charge is 0.508 e. The van der Waals surface area contributed by atoms with Gasteiger partial charge in [-0.15, -0.1) is 0 Å². The van der Waals surface area contributed by atoms with Crippen LogP contribution in [-0.4, -0.2) is 22.9 Å². The van der Waals surface area contributed by atoms with Crippen molar-refractivity contribution in [1.82, 2.24) is 0 Å². The molecule has 0 heterocycles. The fourth-order valence-corrected chi connectivity index (χ4v) is 3.19. The number of methoxy groups -OCH3 is 1. The Bertz CT molecular complexity index is 383. The SMILES string of the molecule is COC1=C(Br)C[C@@](O)(CC#N)C(O)=C1Br. The molecule has 6 heteroatoms. The summed E-state index contributed by atoms with van der Waals surface area (Å²) in [7, 11) is 1.46. The third-order valence-corrected chi connectivity index (χ3v) is 3.49. The lowest BCUT2D eigenvalue weighted by atomic mass is 9.89. The third-order valence-electron chi connectivity index (χ3n) is 2.12. The van der Waals surface area contributed by atoms with Gasteiger partial charge in [-0.2, -0.15) is 5.26 Å². The topological polar surface area (TPSA) is 73.5 Å². The number of nitrogens with zero attached hydrogens (tertiary/aromatic N) is 1. The maximum atomic E-state index is 10.0. The van der Waals surface area contributed by atoms with Crippen LogP contribution in [0.15, 0.2) is 20.5 Å². The quantitative estimate of drug-likeness (QED) is 0.811. The van der Waals surface area contributed by atoms with Crippen LogP contribution in [0.4, 0.5) is 0 Å². The van der Waals surface area contributed by atoms with E-state index in [9.17, 15) is 10.2 Å². The Balaban J connectivity index is 3.19. The van der Waals surface area contributed by atoms with Gasteiger partial charge in [0.15, 0.2) is 0 Å². The Morgan fingerprint density at radius 2 is 2.20 bits per heavy atom. The van der Waals surface area contributed by atoms with Gasteiger partial charge in [-0.25, -0.2) is 0 Å². The summed E-state index contributed by atoms with van der Waals surface area (Å²) in [6, 6.07) is 1.83. The van der Waals surface area contributed by atoms with E-state index in [-0.39, 0.29) is 23.1 Å². The average Bonchev–Trinajstić information content (AvgIpc) is 2.15. The lowest BCUT2D eigenvalue weighted by Gasteiger charge is -2.30. The van der Waals surface area contributed by atoms with Gasteiger partial charge in [0.25, 0.3) is 0 Å². The minimum Gasteiger partial charge on any atom is -0.508 e. The molecule has 1 rings (SSSR count). The van der Waals surface area contributed by atoms with Crippen LogP contribution >= 0.6 is 31.9 Å². The summed E-state index contributed by atoms with van der Waals surface area (Å²) >= 11 is 6.35. The highest BCUT2D eigenvalue weighted by molar-refractivity contribution is 9.12. The summed E-state index contributed by atoms with van der Waals surface area (Å²) in [6.45, 7) is 0. The Kier molecular flexibility index (Phi) is 3.82. The fraction of sp³-hybridized carbons (Fsp3) is 0.444. The summed E-state index contributed by atoms with van der Waals surface area (Å²) < 4.78 is 5.90. The van der Waals surface area contributed by atoms with E-state index < -0.39 is 5.60 Å². The number of aliphatic hydroxyl groups is 2. The summed E-state index contributed by atoms with van der Waals surface area (Å²) in [6.07, 6.45) is -0.0648. The van der Waals surface area contributed by atoms with Gasteiger partial charge in [-0.05, 0) is 15.9 Å². The van der Waals surface area contributed by atoms with Crippen LogP contribution in [0.2, 0.25) is 0 Å². The van der Waals surface area contributed by atoms with Gasteiger partial charge in [0, 0.05) is 10.9 Å². The summed E-state index contributed by atoms with van der Waals surface area (Å²) in [4.78, 5) is 0. The zero-order valence-electron chi connectivity index (χ0n) is 7.92. The molecule has 82 valence electrons. The van der Waals surface area contributed by atoms with Crippen molar-refractivity contribution < 1.29 is 14.9 Å². The molecule has 0 fully saturated rings. The molecule has 4 nitrogen and oxygen atoms in total. The first-order valence-electron chi connectivity index (χ1n) is 4.08. The predicted molar refractivity (Wildman–Crippen MR) is 61.3 cm³/mol. The molecule has 1 aliphatic carbocycles. The number of aliphatic hydroxyl groups excluding tert-OH is 1. The van der Waals surface area contributed by atoms with Crippen LogP contribution in [0.3, 0.4) is 0 Å². The molecule has 0 amide bonds. The van der Waals surface area contributed by atoms with Crippen molar-refractivity contribution in [2.24, 2.45) is 0 Å². The number of nitriles is 1. The van der Waals surface area contributed by atoms with Crippen LogP contribution < -0.4 is 0 Å². The van der Waals surface area contributed by atoms with Gasteiger partial charge in [0.1, 0.15) is 21.6 Å². The molecule has 0 aliphatic heterocycles. The van der Waals surface area contributed by atoms with E-state index in [1.165, 1.54) is 7.11 Å². The van der Waals surface area contributed by atoms with E-state index in [0.717, 1.165) is 0 Å². The van der Waals surface area contributed by atoms with E-state index in [0.29, 0.717) is 10.2 Å². The molecule has 0 aromatic rings. The van der Waals surface area contributed by atoms with E-state index in [1.54, 1.807) is 0 Å². The summed E-state index contributed by atoms with van der Waals surface area (Å²) in [5, 5.41) is 28.3. The molecule has 0 aromatic heterocycles. The molecular formula is C9H9Br2NO3. The van der Waals surface area contributed by atoms with Gasteiger partial charge in [-0.1, -0.05) is 15.9 Å². The van der Waals surface area contributed by atoms with Crippen molar-refractivity contribution in [2.45, 2.75) is 18.4 Å². The Hall–Kier alpha value is -0.510. The Labute approximate surface area is 104 Å². The highest BCUT2D eigenvalue weighted by Crippen LogP contribution is 2.42. The number of hydrogen-bond donors (Lipinski definition) is 2. The number of hydrogen-bond acceptors (Lipinski definition) is 4. The molecule has 0 bridgehead atoms. The van der Waals surface area contributed by atoms with Gasteiger partial charge in [0.05, 0.1) is 19.6 Å². The smallest absolute Gasteiger partial charge is 0.146 e. The lowest BCUT2D eigenvalue weighted by molar-refractivity contribution is 0.0361. The highest BCUT2D eigenvalue weighted by Gasteiger charge is 2.40. The monoisotopic (exact) mass is 337 g/mol. The zero-order chi connectivity index (χ0) is 11.6. The maximum absolute atomic E-state index is 10.0. The van der Waals surface area contributed by atoms with E-state index in [1.807, 2.05) is 6.07 Å². The highest BCUT2D eigenvalue weighted by atomic mass is 79.9. The number of allylic oxidation sites excluding steroid dienone is 1. The number of rotatable bonds is 2. The first kappa shape index (κ1) is 12.6. The molecule has 1 atom stereocenters. The minimum absolute atomic E-state index is 0.116. The van der Waals surface area contributed by atoms with Crippen molar-refractivity contribution in [1.29, 1.82) is 5.26 Å². The van der Waals surface area contributed by atoms with Crippen LogP contribution in [-0.2, 0) is 4.74 Å². The molecule has 0 radical (unpaired) electrons. The normalized spacial score (nSPS) is 26.6. The molecule has 0 aromatic carbocycles. The second kappa shape index (κ2) is 4.56. The van der Waals surface area contributed by atoms with E-state index in [4.69, 9.17) is 10.00 Å². The Morgan fingerprint density at radius 1 is 1.60 bits per heavy atom. The van der Waals surface area contributed by atoms with Crippen molar-refractivity contribution in [2.75, 3.05) is 7.11 Å². The molecule has 1 aliphatic rings. The Morgan fingerprint density at radius 3 is 2.67 bits per heavy atom. The molecule has 2 N–H and O–H groups in total. The van der Waals surface area contributed by atoms with Crippen LogP contribution in [0, 0.1) is 11.3 Å². The van der Waals surface area contributed by atoms with Crippen molar-refractivity contribution >= 4 is 31.9 Å². The second-order valence-corrected chi connectivity index (χ2v) is 4.89. The number of halogens is 2. The van der Waals surface area contributed by atoms with Crippen LogP contribution in [0.5, 0.6) is 0 Å². The molecule has 0 saturated heterocycles. The minimum atomic E-state index is -1.55. The number of ether oxygens (including phenoxy) is 1. The molecular weight excluding hydrogens is 330 g/mol. The van der Waals surface area contributed by atoms with Gasteiger partial charge in [-0.3, -0.25) is 0 Å². The first-order valence-corrected chi connectivity index (χ1v) is 5.66. The predicted octanol–water partition coefficient (Wildman–Crippen LogP) is 2.45. The van der Waals surface area contributed by atoms with Gasteiger partial charge in [0.2, 0.25) is 0 Å². The standard InChI is InChI=1S/C9H9Br2NO3/c1-15-7-5(10)4-9(14,2-3-12)8(13)6(7)11/h13-14H,2,4H2,1H3/t9-/m0/s1. The van der Waals surface area contributed by atoms with Gasteiger partial charge < -0.3 is 14.9 Å². The fourth-order valence-electron chi connectivity index (χ4n) is 1.33. The van der Waals surface area contributed by atoms with Crippen LogP contribution in [0.25, 0.3) is 0 Å². The van der Waals surface area contributed by atoms with Gasteiger partial charge >= 0.3 is 0 Å². The molecule has 0 spiro atoms. The molecule has 0 unspecified atom stereocenters. The van der Waals surface area contributed by atoms with Crippen LogP contribution in [0.1, 0.15) is 12.8 Å². The van der Waals surface area contributed by atoms with Crippen molar-refractivity contribution in [3.8, 4) is 6.07 Å². The molecule has 15 heavy (non-hydrogen) atoms. The first-order chi connectivity index (χ1) is 6.96. The van der Waals surface area contributed by atoms with Crippen molar-refractivity contribution in [3.63, 3.8) is 0 Å². The zero-order valence-corrected chi connectivity index (χ0v) is 11.1. The summed E-state index contributed by atoms with van der Waals surface area (Å²) in [5.41, 5.74) is -1.55. The van der Waals surface area contributed by atoms with E-state index in [2.05, 4.69) is 31.9 Å². The average molecular weight is 339 g/mol. The molecule has 0 saturated carbocycles. The van der Waals surface area contributed by atoms with E-state index >= 15 is 0 Å². The van der Waals surface area contributed by atoms with Crippen molar-refractivity contribution in [3.05, 3.63) is 20.5 Å². The summed E-state index contributed by atoms with van der Waals surface area (Å²) in [5.74, 6) is 0.152.